The Balaban J connectivity index is 1.91. The summed E-state index contributed by atoms with van der Waals surface area (Å²) in [6.07, 6.45) is 3.03. The molecular weight excluding hydrogens is 265 g/mol. The molecule has 108 valence electrons. The number of nitrogens with zero attached hydrogens (tertiary/aromatic N) is 1. The molecule has 0 radical (unpaired) electrons. The molecule has 0 N–H and O–H groups in total. The fraction of sp³-hybridized carbons (Fsp3) is 0.278. The fourth-order valence-electron chi connectivity index (χ4n) is 3.10. The molecule has 0 fully saturated rings. The van der Waals surface area contributed by atoms with Crippen LogP contribution < -0.4 is 0 Å². The summed E-state index contributed by atoms with van der Waals surface area (Å²) < 4.78 is 13.8. The molecule has 0 saturated carbocycles. The number of fused-ring (bicyclic) bond motifs is 1. The summed E-state index contributed by atoms with van der Waals surface area (Å²) in [6, 6.07) is 14.4. The monoisotopic (exact) mass is 283 g/mol. The molecular formula is C18H18FNO. The summed E-state index contributed by atoms with van der Waals surface area (Å²) in [5.41, 5.74) is 2.63. The summed E-state index contributed by atoms with van der Waals surface area (Å²) in [7, 11) is 1.77. The van der Waals surface area contributed by atoms with Gasteiger partial charge in [-0.25, -0.2) is 4.39 Å². The van der Waals surface area contributed by atoms with Crippen molar-refractivity contribution in [1.29, 1.82) is 0 Å². The van der Waals surface area contributed by atoms with E-state index in [1.165, 1.54) is 17.2 Å². The SMILES string of the molecule is CN(C(=O)c1ccccc1F)C1CCCc2ccccc21. The highest BCUT2D eigenvalue weighted by Crippen LogP contribution is 2.34. The summed E-state index contributed by atoms with van der Waals surface area (Å²) >= 11 is 0. The van der Waals surface area contributed by atoms with Crippen molar-refractivity contribution in [3.8, 4) is 0 Å². The lowest BCUT2D eigenvalue weighted by Gasteiger charge is -2.33. The van der Waals surface area contributed by atoms with Crippen LogP contribution >= 0.6 is 0 Å². The molecule has 2 aromatic rings. The zero-order valence-electron chi connectivity index (χ0n) is 12.1. The van der Waals surface area contributed by atoms with Gasteiger partial charge in [0, 0.05) is 7.05 Å². The maximum absolute atomic E-state index is 13.8. The fourth-order valence-corrected chi connectivity index (χ4v) is 3.10. The van der Waals surface area contributed by atoms with Crippen molar-refractivity contribution in [3.63, 3.8) is 0 Å². The molecule has 2 nitrogen and oxygen atoms in total. The first kappa shape index (κ1) is 13.8. The molecule has 3 rings (SSSR count). The van der Waals surface area contributed by atoms with Crippen LogP contribution in [0, 0.1) is 5.82 Å². The van der Waals surface area contributed by atoms with E-state index in [9.17, 15) is 9.18 Å². The third-order valence-corrected chi connectivity index (χ3v) is 4.23. The Morgan fingerprint density at radius 1 is 1.14 bits per heavy atom. The molecule has 1 amide bonds. The van der Waals surface area contributed by atoms with Crippen LogP contribution in [-0.4, -0.2) is 17.9 Å². The Morgan fingerprint density at radius 3 is 2.67 bits per heavy atom. The number of rotatable bonds is 2. The lowest BCUT2D eigenvalue weighted by atomic mass is 9.87. The molecule has 0 aliphatic heterocycles. The third-order valence-electron chi connectivity index (χ3n) is 4.23. The molecule has 21 heavy (non-hydrogen) atoms. The summed E-state index contributed by atoms with van der Waals surface area (Å²) in [6.45, 7) is 0. The van der Waals surface area contributed by atoms with E-state index in [1.807, 2.05) is 12.1 Å². The second-order valence-corrected chi connectivity index (χ2v) is 5.50. The molecule has 0 aromatic heterocycles. The molecule has 0 bridgehead atoms. The van der Waals surface area contributed by atoms with Crippen molar-refractivity contribution in [2.24, 2.45) is 0 Å². The smallest absolute Gasteiger partial charge is 0.257 e. The Hall–Kier alpha value is -2.16. The summed E-state index contributed by atoms with van der Waals surface area (Å²) in [5, 5.41) is 0. The lowest BCUT2D eigenvalue weighted by Crippen LogP contribution is -2.33. The van der Waals surface area contributed by atoms with Crippen molar-refractivity contribution >= 4 is 5.91 Å². The molecule has 3 heteroatoms. The minimum atomic E-state index is -0.460. The predicted molar refractivity (Wildman–Crippen MR) is 80.6 cm³/mol. The number of hydrogen-bond acceptors (Lipinski definition) is 1. The van der Waals surface area contributed by atoms with E-state index < -0.39 is 5.82 Å². The number of amides is 1. The average Bonchev–Trinajstić information content (AvgIpc) is 2.53. The summed E-state index contributed by atoms with van der Waals surface area (Å²) in [4.78, 5) is 14.2. The topological polar surface area (TPSA) is 20.3 Å². The Bertz CT molecular complexity index is 668. The minimum absolute atomic E-state index is 0.0297. The number of hydrogen-bond donors (Lipinski definition) is 0. The van der Waals surface area contributed by atoms with Gasteiger partial charge in [-0.2, -0.15) is 0 Å². The van der Waals surface area contributed by atoms with Crippen molar-refractivity contribution in [2.75, 3.05) is 7.05 Å². The van der Waals surface area contributed by atoms with Crippen molar-refractivity contribution in [3.05, 3.63) is 71.0 Å². The van der Waals surface area contributed by atoms with Gasteiger partial charge in [0.1, 0.15) is 5.82 Å². The van der Waals surface area contributed by atoms with Gasteiger partial charge in [-0.1, -0.05) is 36.4 Å². The van der Waals surface area contributed by atoms with E-state index in [4.69, 9.17) is 0 Å². The predicted octanol–water partition coefficient (Wildman–Crippen LogP) is 3.98. The second kappa shape index (κ2) is 5.68. The molecule has 0 saturated heterocycles. The standard InChI is InChI=1S/C18H18FNO/c1-20(18(21)15-10-4-5-11-16(15)19)17-12-6-8-13-7-2-3-9-14(13)17/h2-5,7,9-11,17H,6,8,12H2,1H3. The van der Waals surface area contributed by atoms with Crippen molar-refractivity contribution in [2.45, 2.75) is 25.3 Å². The van der Waals surface area contributed by atoms with Crippen LogP contribution in [0.15, 0.2) is 48.5 Å². The van der Waals surface area contributed by atoms with E-state index in [0.717, 1.165) is 19.3 Å². The Morgan fingerprint density at radius 2 is 1.86 bits per heavy atom. The summed E-state index contributed by atoms with van der Waals surface area (Å²) in [5.74, 6) is -0.715. The molecule has 1 unspecified atom stereocenters. The van der Waals surface area contributed by atoms with E-state index in [1.54, 1.807) is 30.1 Å². The number of halogens is 1. The van der Waals surface area contributed by atoms with E-state index in [2.05, 4.69) is 12.1 Å². The Labute approximate surface area is 124 Å². The highest BCUT2D eigenvalue weighted by molar-refractivity contribution is 5.94. The molecule has 1 aliphatic rings. The number of aryl methyl sites for hydroxylation is 1. The van der Waals surface area contributed by atoms with Crippen LogP contribution in [0.25, 0.3) is 0 Å². The van der Waals surface area contributed by atoms with E-state index in [-0.39, 0.29) is 17.5 Å². The quantitative estimate of drug-likeness (QED) is 0.816. The van der Waals surface area contributed by atoms with Crippen LogP contribution in [0.4, 0.5) is 4.39 Å². The van der Waals surface area contributed by atoms with Crippen molar-refractivity contribution in [1.82, 2.24) is 4.90 Å². The zero-order chi connectivity index (χ0) is 14.8. The first-order chi connectivity index (χ1) is 10.2. The van der Waals surface area contributed by atoms with Gasteiger partial charge in [0.15, 0.2) is 0 Å². The highest BCUT2D eigenvalue weighted by atomic mass is 19.1. The van der Waals surface area contributed by atoms with Crippen LogP contribution in [-0.2, 0) is 6.42 Å². The normalized spacial score (nSPS) is 17.1. The van der Waals surface area contributed by atoms with Gasteiger partial charge < -0.3 is 4.90 Å². The van der Waals surface area contributed by atoms with E-state index in [0.29, 0.717) is 0 Å². The first-order valence-corrected chi connectivity index (χ1v) is 7.28. The number of benzene rings is 2. The minimum Gasteiger partial charge on any atom is -0.335 e. The van der Waals surface area contributed by atoms with Gasteiger partial charge in [0.25, 0.3) is 5.91 Å². The molecule has 0 spiro atoms. The van der Waals surface area contributed by atoms with Gasteiger partial charge in [-0.3, -0.25) is 4.79 Å². The van der Waals surface area contributed by atoms with Gasteiger partial charge in [0.05, 0.1) is 11.6 Å². The Kier molecular flexibility index (Phi) is 3.74. The van der Waals surface area contributed by atoms with Crippen LogP contribution in [0.3, 0.4) is 0 Å². The largest absolute Gasteiger partial charge is 0.335 e. The van der Waals surface area contributed by atoms with Gasteiger partial charge in [0.2, 0.25) is 0 Å². The number of carbonyl (C=O) groups excluding carboxylic acids is 1. The van der Waals surface area contributed by atoms with Crippen LogP contribution in [0.5, 0.6) is 0 Å². The first-order valence-electron chi connectivity index (χ1n) is 7.28. The maximum atomic E-state index is 13.8. The third kappa shape index (κ3) is 2.56. The van der Waals surface area contributed by atoms with Crippen molar-refractivity contribution < 1.29 is 9.18 Å². The van der Waals surface area contributed by atoms with Gasteiger partial charge in [-0.15, -0.1) is 0 Å². The van der Waals surface area contributed by atoms with E-state index >= 15 is 0 Å². The van der Waals surface area contributed by atoms with Gasteiger partial charge >= 0.3 is 0 Å². The maximum Gasteiger partial charge on any atom is 0.257 e. The van der Waals surface area contributed by atoms with Gasteiger partial charge in [-0.05, 0) is 42.5 Å². The molecule has 1 atom stereocenters. The zero-order valence-corrected chi connectivity index (χ0v) is 12.1. The molecule has 1 aliphatic carbocycles. The number of carbonyl (C=O) groups is 1. The van der Waals surface area contributed by atoms with Crippen LogP contribution in [0.2, 0.25) is 0 Å². The average molecular weight is 283 g/mol. The second-order valence-electron chi connectivity index (χ2n) is 5.50. The molecule has 2 aromatic carbocycles. The van der Waals surface area contributed by atoms with Crippen LogP contribution in [0.1, 0.15) is 40.4 Å². The lowest BCUT2D eigenvalue weighted by molar-refractivity contribution is 0.0710. The molecule has 0 heterocycles. The highest BCUT2D eigenvalue weighted by Gasteiger charge is 2.27.